The molecule has 0 aliphatic heterocycles. The molecular formula is C21H30OS. The fourth-order valence-electron chi connectivity index (χ4n) is 1.75. The number of aromatic hydroxyl groups is 1. The third kappa shape index (κ3) is 9.75. The molecular weight excluding hydrogens is 300 g/mol. The molecule has 0 saturated carbocycles. The topological polar surface area (TPSA) is 20.2 Å². The Balaban J connectivity index is 0.000000460. The highest BCUT2D eigenvalue weighted by atomic mass is 32.1. The van der Waals surface area contributed by atoms with E-state index in [9.17, 15) is 0 Å². The lowest BCUT2D eigenvalue weighted by Crippen LogP contribution is -1.82. The van der Waals surface area contributed by atoms with Gasteiger partial charge in [0.05, 0.1) is 0 Å². The molecule has 1 N–H and O–H groups in total. The SMILES string of the molecule is C/C=C\C(C)=C/C.CC.Cc1ccc(Cc2ccc(O)cc2)s1. The number of phenols is 1. The molecule has 2 rings (SSSR count). The van der Waals surface area contributed by atoms with Crippen molar-refractivity contribution in [3.05, 3.63) is 75.5 Å². The maximum absolute atomic E-state index is 9.13. The molecule has 0 radical (unpaired) electrons. The fraction of sp³-hybridized carbons (Fsp3) is 0.333. The van der Waals surface area contributed by atoms with Crippen LogP contribution >= 0.6 is 11.3 Å². The molecule has 0 bridgehead atoms. The van der Waals surface area contributed by atoms with Crippen LogP contribution in [0.1, 0.15) is 49.9 Å². The average molecular weight is 331 g/mol. The molecule has 0 fully saturated rings. The third-order valence-corrected chi connectivity index (χ3v) is 4.00. The number of thiophene rings is 1. The zero-order chi connectivity index (χ0) is 17.7. The first-order chi connectivity index (χ1) is 11.0. The highest BCUT2D eigenvalue weighted by Crippen LogP contribution is 2.20. The van der Waals surface area contributed by atoms with Crippen LogP contribution in [0.4, 0.5) is 0 Å². The van der Waals surface area contributed by atoms with Gasteiger partial charge in [-0.1, -0.05) is 49.8 Å². The standard InChI is InChI=1S/C12H12OS.C7H12.C2H6/c1-9-2-7-12(14-9)8-10-3-5-11(13)6-4-10;1-4-6-7(3)5-2;1-2/h2-7,13H,8H2,1H3;4-6H,1-3H3;1-2H3/b;6-4-,7-5-;. The Morgan fingerprint density at radius 3 is 2.04 bits per heavy atom. The number of allylic oxidation sites excluding steroid dienone is 4. The predicted molar refractivity (Wildman–Crippen MR) is 106 cm³/mol. The van der Waals surface area contributed by atoms with Gasteiger partial charge in [-0.2, -0.15) is 0 Å². The van der Waals surface area contributed by atoms with Gasteiger partial charge in [-0.25, -0.2) is 0 Å². The summed E-state index contributed by atoms with van der Waals surface area (Å²) < 4.78 is 0. The first kappa shape index (κ1) is 21.2. The second-order valence-electron chi connectivity index (χ2n) is 4.89. The fourth-order valence-corrected chi connectivity index (χ4v) is 2.68. The Labute approximate surface area is 146 Å². The van der Waals surface area contributed by atoms with Crippen molar-refractivity contribution < 1.29 is 5.11 Å². The second kappa shape index (κ2) is 12.7. The molecule has 1 heterocycles. The summed E-state index contributed by atoms with van der Waals surface area (Å²) in [6.07, 6.45) is 7.16. The minimum atomic E-state index is 0.330. The quantitative estimate of drug-likeness (QED) is 0.606. The Kier molecular flexibility index (Phi) is 11.7. The van der Waals surface area contributed by atoms with Crippen LogP contribution in [-0.2, 0) is 6.42 Å². The third-order valence-electron chi connectivity index (χ3n) is 3.00. The summed E-state index contributed by atoms with van der Waals surface area (Å²) in [5, 5.41) is 9.13. The lowest BCUT2D eigenvalue weighted by molar-refractivity contribution is 0.475. The molecule has 1 nitrogen and oxygen atoms in total. The summed E-state index contributed by atoms with van der Waals surface area (Å²) in [4.78, 5) is 2.71. The van der Waals surface area contributed by atoms with Crippen molar-refractivity contribution in [3.8, 4) is 5.75 Å². The summed E-state index contributed by atoms with van der Waals surface area (Å²) in [6.45, 7) is 12.3. The van der Waals surface area contributed by atoms with E-state index in [1.54, 1.807) is 12.1 Å². The average Bonchev–Trinajstić information content (AvgIpc) is 2.97. The van der Waals surface area contributed by atoms with E-state index in [-0.39, 0.29) is 0 Å². The minimum absolute atomic E-state index is 0.330. The Morgan fingerprint density at radius 2 is 1.65 bits per heavy atom. The number of hydrogen-bond acceptors (Lipinski definition) is 2. The van der Waals surface area contributed by atoms with E-state index in [0.717, 1.165) is 6.42 Å². The van der Waals surface area contributed by atoms with E-state index in [2.05, 4.69) is 38.1 Å². The second-order valence-corrected chi connectivity index (χ2v) is 6.26. The van der Waals surface area contributed by atoms with E-state index in [4.69, 9.17) is 5.11 Å². The van der Waals surface area contributed by atoms with E-state index in [1.807, 2.05) is 57.2 Å². The van der Waals surface area contributed by atoms with Gasteiger partial charge in [0.1, 0.15) is 5.75 Å². The predicted octanol–water partition coefficient (Wildman–Crippen LogP) is 6.91. The van der Waals surface area contributed by atoms with Crippen LogP contribution in [-0.4, -0.2) is 5.11 Å². The summed E-state index contributed by atoms with van der Waals surface area (Å²) in [6, 6.07) is 11.7. The highest BCUT2D eigenvalue weighted by molar-refractivity contribution is 7.11. The normalized spacial score (nSPS) is 10.6. The number of aryl methyl sites for hydroxylation is 1. The van der Waals surface area contributed by atoms with Crippen LogP contribution in [0.2, 0.25) is 0 Å². The van der Waals surface area contributed by atoms with Crippen LogP contribution in [0, 0.1) is 6.92 Å². The van der Waals surface area contributed by atoms with Gasteiger partial charge in [0.15, 0.2) is 0 Å². The zero-order valence-electron chi connectivity index (χ0n) is 15.3. The monoisotopic (exact) mass is 330 g/mol. The zero-order valence-corrected chi connectivity index (χ0v) is 16.1. The van der Waals surface area contributed by atoms with Crippen LogP contribution in [0.25, 0.3) is 0 Å². The Bertz CT molecular complexity index is 589. The maximum Gasteiger partial charge on any atom is 0.115 e. The molecule has 0 amide bonds. The van der Waals surface area contributed by atoms with Gasteiger partial charge < -0.3 is 5.11 Å². The summed E-state index contributed by atoms with van der Waals surface area (Å²) in [7, 11) is 0. The van der Waals surface area contributed by atoms with Crippen LogP contribution < -0.4 is 0 Å². The molecule has 0 aliphatic rings. The Morgan fingerprint density at radius 1 is 1.04 bits per heavy atom. The van der Waals surface area contributed by atoms with Gasteiger partial charge in [0, 0.05) is 16.2 Å². The molecule has 0 unspecified atom stereocenters. The molecule has 0 spiro atoms. The molecule has 23 heavy (non-hydrogen) atoms. The van der Waals surface area contributed by atoms with E-state index in [0.29, 0.717) is 5.75 Å². The van der Waals surface area contributed by atoms with Gasteiger partial charge in [-0.15, -0.1) is 11.3 Å². The van der Waals surface area contributed by atoms with Crippen LogP contribution in [0.15, 0.2) is 60.2 Å². The molecule has 0 atom stereocenters. The van der Waals surface area contributed by atoms with Gasteiger partial charge in [0.25, 0.3) is 0 Å². The number of benzene rings is 1. The molecule has 2 aromatic rings. The summed E-state index contributed by atoms with van der Waals surface area (Å²) in [5.41, 5.74) is 2.56. The first-order valence-electron chi connectivity index (χ1n) is 8.14. The molecule has 0 aliphatic carbocycles. The highest BCUT2D eigenvalue weighted by Gasteiger charge is 1.98. The van der Waals surface area contributed by atoms with Crippen molar-refractivity contribution in [3.63, 3.8) is 0 Å². The van der Waals surface area contributed by atoms with E-state index >= 15 is 0 Å². The van der Waals surface area contributed by atoms with Gasteiger partial charge >= 0.3 is 0 Å². The summed E-state index contributed by atoms with van der Waals surface area (Å²) >= 11 is 1.82. The maximum atomic E-state index is 9.13. The lowest BCUT2D eigenvalue weighted by atomic mass is 10.1. The Hall–Kier alpha value is -1.80. The van der Waals surface area contributed by atoms with Crippen LogP contribution in [0.3, 0.4) is 0 Å². The van der Waals surface area contributed by atoms with Crippen LogP contribution in [0.5, 0.6) is 5.75 Å². The van der Waals surface area contributed by atoms with Crippen molar-refractivity contribution in [2.24, 2.45) is 0 Å². The van der Waals surface area contributed by atoms with Crippen molar-refractivity contribution in [2.45, 2.75) is 48.0 Å². The minimum Gasteiger partial charge on any atom is -0.508 e. The largest absolute Gasteiger partial charge is 0.508 e. The van der Waals surface area contributed by atoms with Crippen molar-refractivity contribution >= 4 is 11.3 Å². The van der Waals surface area contributed by atoms with E-state index in [1.165, 1.54) is 20.9 Å². The smallest absolute Gasteiger partial charge is 0.115 e. The van der Waals surface area contributed by atoms with Gasteiger partial charge in [-0.05, 0) is 57.5 Å². The molecule has 126 valence electrons. The molecule has 1 aromatic carbocycles. The summed E-state index contributed by atoms with van der Waals surface area (Å²) in [5.74, 6) is 0.330. The van der Waals surface area contributed by atoms with Crippen molar-refractivity contribution in [1.29, 1.82) is 0 Å². The number of hydrogen-bond donors (Lipinski definition) is 1. The van der Waals surface area contributed by atoms with Crippen molar-refractivity contribution in [1.82, 2.24) is 0 Å². The van der Waals surface area contributed by atoms with E-state index < -0.39 is 0 Å². The van der Waals surface area contributed by atoms with Gasteiger partial charge in [-0.3, -0.25) is 0 Å². The number of rotatable bonds is 3. The number of phenolic OH excluding ortho intramolecular Hbond substituents is 1. The molecule has 2 heteroatoms. The first-order valence-corrected chi connectivity index (χ1v) is 8.95. The molecule has 1 aromatic heterocycles. The lowest BCUT2D eigenvalue weighted by Gasteiger charge is -1.98. The van der Waals surface area contributed by atoms with Crippen molar-refractivity contribution in [2.75, 3.05) is 0 Å². The van der Waals surface area contributed by atoms with Gasteiger partial charge in [0.2, 0.25) is 0 Å². The molecule has 0 saturated heterocycles.